The van der Waals surface area contributed by atoms with E-state index in [0.717, 1.165) is 0 Å². The lowest BCUT2D eigenvalue weighted by Crippen LogP contribution is -2.21. The van der Waals surface area contributed by atoms with Gasteiger partial charge in [0.05, 0.1) is 39.7 Å². The van der Waals surface area contributed by atoms with Crippen LogP contribution in [0.1, 0.15) is 16.1 Å². The second-order valence-corrected chi connectivity index (χ2v) is 8.70. The standard InChI is InChI=1S/C24H16ClN5O3S/c25-16-7-11-19(12-8-16)30-22(31)20-3-1-2-4-21(20)26-24(30)34-14-17-13-29(28-27-17)18-9-5-15(6-10-18)23(32)33/h1-13H,14H2,(H,32,33). The summed E-state index contributed by atoms with van der Waals surface area (Å²) in [6.45, 7) is 0. The highest BCUT2D eigenvalue weighted by Crippen LogP contribution is 2.25. The van der Waals surface area contributed by atoms with Gasteiger partial charge in [-0.15, -0.1) is 5.10 Å². The van der Waals surface area contributed by atoms with Crippen molar-refractivity contribution < 1.29 is 9.90 Å². The summed E-state index contributed by atoms with van der Waals surface area (Å²) in [4.78, 5) is 29.1. The summed E-state index contributed by atoms with van der Waals surface area (Å²) in [7, 11) is 0. The molecule has 34 heavy (non-hydrogen) atoms. The molecule has 3 aromatic carbocycles. The molecule has 2 heterocycles. The van der Waals surface area contributed by atoms with Crippen molar-refractivity contribution in [2.75, 3.05) is 0 Å². The van der Waals surface area contributed by atoms with Crippen LogP contribution in [0.15, 0.2) is 88.9 Å². The molecule has 0 aliphatic carbocycles. The van der Waals surface area contributed by atoms with E-state index in [-0.39, 0.29) is 11.1 Å². The topological polar surface area (TPSA) is 103 Å². The minimum Gasteiger partial charge on any atom is -0.478 e. The molecule has 5 aromatic rings. The van der Waals surface area contributed by atoms with Crippen molar-refractivity contribution in [2.45, 2.75) is 10.9 Å². The Morgan fingerprint density at radius 2 is 1.68 bits per heavy atom. The largest absolute Gasteiger partial charge is 0.478 e. The van der Waals surface area contributed by atoms with Crippen LogP contribution in [-0.2, 0) is 5.75 Å². The summed E-state index contributed by atoms with van der Waals surface area (Å²) in [6, 6.07) is 20.6. The van der Waals surface area contributed by atoms with Crippen molar-refractivity contribution in [2.24, 2.45) is 0 Å². The maximum atomic E-state index is 13.3. The molecule has 0 fully saturated rings. The predicted octanol–water partition coefficient (Wildman–Crippen LogP) is 4.61. The van der Waals surface area contributed by atoms with E-state index in [4.69, 9.17) is 21.7 Å². The summed E-state index contributed by atoms with van der Waals surface area (Å²) >= 11 is 7.41. The highest BCUT2D eigenvalue weighted by molar-refractivity contribution is 7.98. The number of rotatable bonds is 6. The van der Waals surface area contributed by atoms with Gasteiger partial charge in [-0.3, -0.25) is 9.36 Å². The first-order chi connectivity index (χ1) is 16.5. The highest BCUT2D eigenvalue weighted by atomic mass is 35.5. The number of aromatic carboxylic acids is 1. The third kappa shape index (κ3) is 4.30. The summed E-state index contributed by atoms with van der Waals surface area (Å²) in [6.07, 6.45) is 1.76. The number of fused-ring (bicyclic) bond motifs is 1. The Morgan fingerprint density at radius 3 is 2.41 bits per heavy atom. The number of carbonyl (C=O) groups is 1. The van der Waals surface area contributed by atoms with Gasteiger partial charge in [-0.05, 0) is 60.7 Å². The predicted molar refractivity (Wildman–Crippen MR) is 130 cm³/mol. The third-order valence-corrected chi connectivity index (χ3v) is 6.32. The van der Waals surface area contributed by atoms with Gasteiger partial charge in [0, 0.05) is 10.8 Å². The fourth-order valence-corrected chi connectivity index (χ4v) is 4.43. The van der Waals surface area contributed by atoms with Gasteiger partial charge in [-0.1, -0.05) is 40.7 Å². The van der Waals surface area contributed by atoms with E-state index < -0.39 is 5.97 Å². The van der Waals surface area contributed by atoms with Crippen molar-refractivity contribution in [3.8, 4) is 11.4 Å². The Hall–Kier alpha value is -3.95. The molecule has 0 bridgehead atoms. The number of halogens is 1. The number of thioether (sulfide) groups is 1. The molecular weight excluding hydrogens is 474 g/mol. The van der Waals surface area contributed by atoms with E-state index in [0.29, 0.717) is 43.9 Å². The number of hydrogen-bond donors (Lipinski definition) is 1. The number of aromatic nitrogens is 5. The molecule has 0 amide bonds. The Labute approximate surface area is 202 Å². The van der Waals surface area contributed by atoms with E-state index in [2.05, 4.69) is 10.3 Å². The van der Waals surface area contributed by atoms with Crippen molar-refractivity contribution in [1.82, 2.24) is 24.5 Å². The van der Waals surface area contributed by atoms with Crippen LogP contribution in [0.5, 0.6) is 0 Å². The van der Waals surface area contributed by atoms with Crippen LogP contribution in [0.3, 0.4) is 0 Å². The molecule has 0 aliphatic heterocycles. The number of hydrogen-bond acceptors (Lipinski definition) is 6. The number of para-hydroxylation sites is 1. The van der Waals surface area contributed by atoms with Crippen molar-refractivity contribution >= 4 is 40.2 Å². The summed E-state index contributed by atoms with van der Waals surface area (Å²) in [5.41, 5.74) is 2.67. The molecule has 0 spiro atoms. The van der Waals surface area contributed by atoms with E-state index in [1.54, 1.807) is 57.9 Å². The zero-order valence-electron chi connectivity index (χ0n) is 17.5. The van der Waals surface area contributed by atoms with Crippen LogP contribution in [-0.4, -0.2) is 35.6 Å². The Balaban J connectivity index is 1.46. The molecule has 0 atom stereocenters. The first-order valence-electron chi connectivity index (χ1n) is 10.1. The monoisotopic (exact) mass is 489 g/mol. The van der Waals surface area contributed by atoms with Crippen molar-refractivity contribution in [3.63, 3.8) is 0 Å². The molecule has 168 valence electrons. The number of nitrogens with zero attached hydrogens (tertiary/aromatic N) is 5. The average molecular weight is 490 g/mol. The molecule has 2 aromatic heterocycles. The minimum absolute atomic E-state index is 0.169. The van der Waals surface area contributed by atoms with E-state index in [9.17, 15) is 9.59 Å². The molecule has 0 saturated heterocycles. The molecule has 0 radical (unpaired) electrons. The van der Waals surface area contributed by atoms with E-state index in [1.807, 2.05) is 18.2 Å². The first kappa shape index (κ1) is 21.9. The summed E-state index contributed by atoms with van der Waals surface area (Å²) < 4.78 is 3.14. The molecule has 5 rings (SSSR count). The highest BCUT2D eigenvalue weighted by Gasteiger charge is 2.14. The Bertz CT molecular complexity index is 1560. The molecule has 0 aliphatic rings. The lowest BCUT2D eigenvalue weighted by atomic mass is 10.2. The second kappa shape index (κ2) is 9.12. The van der Waals surface area contributed by atoms with Crippen LogP contribution in [0.4, 0.5) is 0 Å². The van der Waals surface area contributed by atoms with Crippen LogP contribution >= 0.6 is 23.4 Å². The number of carboxylic acids is 1. The van der Waals surface area contributed by atoms with Crippen molar-refractivity contribution in [3.05, 3.63) is 106 Å². The third-order valence-electron chi connectivity index (χ3n) is 5.10. The fraction of sp³-hybridized carbons (Fsp3) is 0.0417. The zero-order valence-corrected chi connectivity index (χ0v) is 19.1. The molecule has 0 unspecified atom stereocenters. The number of benzene rings is 3. The second-order valence-electron chi connectivity index (χ2n) is 7.32. The molecule has 10 heteroatoms. The van der Waals surface area contributed by atoms with Gasteiger partial charge in [0.15, 0.2) is 5.16 Å². The quantitative estimate of drug-likeness (QED) is 0.274. The molecule has 8 nitrogen and oxygen atoms in total. The van der Waals surface area contributed by atoms with Gasteiger partial charge < -0.3 is 5.11 Å². The van der Waals surface area contributed by atoms with Crippen LogP contribution < -0.4 is 5.56 Å². The SMILES string of the molecule is O=C(O)c1ccc(-n2cc(CSc3nc4ccccc4c(=O)n3-c3ccc(Cl)cc3)nn2)cc1. The normalized spacial score (nSPS) is 11.1. The molecular formula is C24H16ClN5O3S. The van der Waals surface area contributed by atoms with Crippen LogP contribution in [0.2, 0.25) is 5.02 Å². The smallest absolute Gasteiger partial charge is 0.335 e. The molecule has 0 saturated carbocycles. The maximum Gasteiger partial charge on any atom is 0.335 e. The zero-order chi connectivity index (χ0) is 23.7. The lowest BCUT2D eigenvalue weighted by molar-refractivity contribution is 0.0697. The Kier molecular flexibility index (Phi) is 5.87. The summed E-state index contributed by atoms with van der Waals surface area (Å²) in [5.74, 6) is -0.567. The van der Waals surface area contributed by atoms with Crippen molar-refractivity contribution in [1.29, 1.82) is 0 Å². The minimum atomic E-state index is -0.989. The van der Waals surface area contributed by atoms with Crippen LogP contribution in [0.25, 0.3) is 22.3 Å². The van der Waals surface area contributed by atoms with Gasteiger partial charge >= 0.3 is 5.97 Å². The fourth-order valence-electron chi connectivity index (χ4n) is 3.41. The summed E-state index contributed by atoms with van der Waals surface area (Å²) in [5, 5.41) is 19.0. The van der Waals surface area contributed by atoms with Gasteiger partial charge in [0.2, 0.25) is 0 Å². The lowest BCUT2D eigenvalue weighted by Gasteiger charge is -2.13. The Morgan fingerprint density at radius 1 is 0.971 bits per heavy atom. The van der Waals surface area contributed by atoms with Crippen LogP contribution in [0, 0.1) is 0 Å². The maximum absolute atomic E-state index is 13.3. The van der Waals surface area contributed by atoms with Gasteiger partial charge in [-0.25, -0.2) is 14.5 Å². The van der Waals surface area contributed by atoms with Gasteiger partial charge in [-0.2, -0.15) is 0 Å². The molecule has 1 N–H and O–H groups in total. The average Bonchev–Trinajstić information content (AvgIpc) is 3.33. The van der Waals surface area contributed by atoms with E-state index >= 15 is 0 Å². The van der Waals surface area contributed by atoms with Gasteiger partial charge in [0.1, 0.15) is 0 Å². The number of carboxylic acid groups (broad SMARTS) is 1. The van der Waals surface area contributed by atoms with Gasteiger partial charge in [0.25, 0.3) is 5.56 Å². The first-order valence-corrected chi connectivity index (χ1v) is 11.5. The van der Waals surface area contributed by atoms with E-state index in [1.165, 1.54) is 23.9 Å².